The Kier molecular flexibility index (Phi) is 3.97. The van der Waals surface area contributed by atoms with Crippen molar-refractivity contribution in [3.8, 4) is 0 Å². The highest BCUT2D eigenvalue weighted by atomic mass is 16.2. The quantitative estimate of drug-likeness (QED) is 0.583. The van der Waals surface area contributed by atoms with E-state index in [2.05, 4.69) is 15.4 Å². The minimum atomic E-state index is -0.254. The first-order valence-corrected chi connectivity index (χ1v) is 9.75. The molecule has 7 nitrogen and oxygen atoms in total. The molecule has 146 valence electrons. The Morgan fingerprint density at radius 3 is 2.76 bits per heavy atom. The fourth-order valence-electron chi connectivity index (χ4n) is 3.75. The summed E-state index contributed by atoms with van der Waals surface area (Å²) < 4.78 is 3.10. The Morgan fingerprint density at radius 1 is 1.17 bits per heavy atom. The summed E-state index contributed by atoms with van der Waals surface area (Å²) in [4.78, 5) is 30.4. The number of carbonyl (C=O) groups is 1. The van der Waals surface area contributed by atoms with Gasteiger partial charge in [-0.25, -0.2) is 9.50 Å². The van der Waals surface area contributed by atoms with E-state index in [4.69, 9.17) is 0 Å². The number of hydrogen-bond acceptors (Lipinski definition) is 4. The van der Waals surface area contributed by atoms with Crippen molar-refractivity contribution in [1.82, 2.24) is 19.2 Å². The summed E-state index contributed by atoms with van der Waals surface area (Å²) in [5.41, 5.74) is 5.17. The Hall–Kier alpha value is -3.48. The summed E-state index contributed by atoms with van der Waals surface area (Å²) in [5, 5.41) is 7.53. The van der Waals surface area contributed by atoms with E-state index in [1.54, 1.807) is 22.8 Å². The second-order valence-corrected chi connectivity index (χ2v) is 7.74. The zero-order valence-electron chi connectivity index (χ0n) is 16.3. The van der Waals surface area contributed by atoms with Gasteiger partial charge < -0.3 is 5.32 Å². The van der Waals surface area contributed by atoms with Crippen LogP contribution in [-0.4, -0.2) is 25.1 Å². The number of rotatable bonds is 4. The SMILES string of the molecule is Cc1ccc(NC(=O)Cn2c(=O)c3cc(C4CC4)nn3c3ncccc32)c(C)c1. The van der Waals surface area contributed by atoms with Crippen LogP contribution in [0.2, 0.25) is 0 Å². The van der Waals surface area contributed by atoms with Crippen LogP contribution in [0.25, 0.3) is 16.7 Å². The molecule has 0 radical (unpaired) electrons. The highest BCUT2D eigenvalue weighted by Gasteiger charge is 2.28. The lowest BCUT2D eigenvalue weighted by molar-refractivity contribution is -0.116. The first kappa shape index (κ1) is 17.6. The van der Waals surface area contributed by atoms with Gasteiger partial charge in [-0.15, -0.1) is 0 Å². The number of anilines is 1. The topological polar surface area (TPSA) is 81.3 Å². The summed E-state index contributed by atoms with van der Waals surface area (Å²) >= 11 is 0. The molecule has 5 rings (SSSR count). The summed E-state index contributed by atoms with van der Waals surface area (Å²) in [7, 11) is 0. The van der Waals surface area contributed by atoms with Crippen molar-refractivity contribution in [2.24, 2.45) is 0 Å². The van der Waals surface area contributed by atoms with Crippen LogP contribution in [0.15, 0.2) is 47.4 Å². The lowest BCUT2D eigenvalue weighted by Crippen LogP contribution is -2.29. The second-order valence-electron chi connectivity index (χ2n) is 7.74. The number of aryl methyl sites for hydroxylation is 2. The molecule has 3 heterocycles. The number of fused-ring (bicyclic) bond motifs is 3. The van der Waals surface area contributed by atoms with Gasteiger partial charge in [-0.3, -0.25) is 14.2 Å². The average molecular weight is 387 g/mol. The van der Waals surface area contributed by atoms with Crippen molar-refractivity contribution >= 4 is 28.3 Å². The zero-order valence-corrected chi connectivity index (χ0v) is 16.3. The fraction of sp³-hybridized carbons (Fsp3) is 0.273. The lowest BCUT2D eigenvalue weighted by Gasteiger charge is -2.13. The van der Waals surface area contributed by atoms with Gasteiger partial charge >= 0.3 is 0 Å². The van der Waals surface area contributed by atoms with Crippen molar-refractivity contribution < 1.29 is 4.79 Å². The Bertz CT molecular complexity index is 1330. The molecule has 1 fully saturated rings. The molecule has 1 aromatic carbocycles. The summed E-state index contributed by atoms with van der Waals surface area (Å²) in [6, 6.07) is 11.2. The van der Waals surface area contributed by atoms with Gasteiger partial charge in [0, 0.05) is 17.8 Å². The third-order valence-corrected chi connectivity index (χ3v) is 5.40. The summed E-state index contributed by atoms with van der Waals surface area (Å²) in [5.74, 6) is 0.171. The van der Waals surface area contributed by atoms with Crippen LogP contribution in [0.3, 0.4) is 0 Å². The predicted molar refractivity (Wildman–Crippen MR) is 111 cm³/mol. The number of aromatic nitrogens is 4. The molecule has 0 spiro atoms. The largest absolute Gasteiger partial charge is 0.324 e. The standard InChI is InChI=1S/C22H21N5O2/c1-13-5-8-16(14(2)10-13)24-20(28)12-26-18-4-3-9-23-21(18)27-19(22(26)29)11-17(25-27)15-6-7-15/h3-5,8-11,15H,6-7,12H2,1-2H3,(H,24,28). The van der Waals surface area contributed by atoms with Crippen LogP contribution in [0.4, 0.5) is 5.69 Å². The molecule has 0 unspecified atom stereocenters. The van der Waals surface area contributed by atoms with Crippen LogP contribution in [0.5, 0.6) is 0 Å². The monoisotopic (exact) mass is 387 g/mol. The maximum Gasteiger partial charge on any atom is 0.277 e. The number of nitrogens with zero attached hydrogens (tertiary/aromatic N) is 4. The molecule has 7 heteroatoms. The van der Waals surface area contributed by atoms with Crippen molar-refractivity contribution in [2.45, 2.75) is 39.2 Å². The molecule has 1 saturated carbocycles. The minimum Gasteiger partial charge on any atom is -0.324 e. The molecule has 4 aromatic rings. The van der Waals surface area contributed by atoms with Gasteiger partial charge in [-0.05, 0) is 56.5 Å². The van der Waals surface area contributed by atoms with Gasteiger partial charge in [0.25, 0.3) is 5.56 Å². The van der Waals surface area contributed by atoms with E-state index < -0.39 is 0 Å². The van der Waals surface area contributed by atoms with Gasteiger partial charge in [0.1, 0.15) is 12.1 Å². The lowest BCUT2D eigenvalue weighted by atomic mass is 10.1. The third kappa shape index (κ3) is 3.08. The molecule has 29 heavy (non-hydrogen) atoms. The van der Waals surface area contributed by atoms with E-state index in [1.807, 2.05) is 38.1 Å². The highest BCUT2D eigenvalue weighted by molar-refractivity contribution is 5.92. The smallest absolute Gasteiger partial charge is 0.277 e. The van der Waals surface area contributed by atoms with Gasteiger partial charge in [0.2, 0.25) is 5.91 Å². The average Bonchev–Trinajstić information content (AvgIpc) is 3.45. The summed E-state index contributed by atoms with van der Waals surface area (Å²) in [6.07, 6.45) is 3.87. The maximum atomic E-state index is 13.2. The Balaban J connectivity index is 1.57. The fourth-order valence-corrected chi connectivity index (χ4v) is 3.75. The van der Waals surface area contributed by atoms with E-state index in [1.165, 1.54) is 4.57 Å². The molecular formula is C22H21N5O2. The minimum absolute atomic E-state index is 0.0885. The molecule has 1 amide bonds. The number of amides is 1. The number of nitrogens with one attached hydrogen (secondary N) is 1. The molecule has 1 aliphatic carbocycles. The molecular weight excluding hydrogens is 366 g/mol. The van der Waals surface area contributed by atoms with Crippen molar-refractivity contribution in [3.05, 3.63) is 69.8 Å². The van der Waals surface area contributed by atoms with Gasteiger partial charge in [0.05, 0.1) is 11.2 Å². The van der Waals surface area contributed by atoms with Crippen LogP contribution in [0.1, 0.15) is 35.6 Å². The summed E-state index contributed by atoms with van der Waals surface area (Å²) in [6.45, 7) is 3.87. The Morgan fingerprint density at radius 2 is 2.00 bits per heavy atom. The van der Waals surface area contributed by atoms with E-state index in [0.717, 1.165) is 35.3 Å². The van der Waals surface area contributed by atoms with Crippen molar-refractivity contribution in [1.29, 1.82) is 0 Å². The van der Waals surface area contributed by atoms with Gasteiger partial charge in [-0.2, -0.15) is 5.10 Å². The number of carbonyl (C=O) groups excluding carboxylic acids is 1. The van der Waals surface area contributed by atoms with Crippen LogP contribution < -0.4 is 10.9 Å². The maximum absolute atomic E-state index is 13.2. The normalized spacial score (nSPS) is 13.9. The molecule has 1 N–H and O–H groups in total. The van der Waals surface area contributed by atoms with E-state index in [9.17, 15) is 9.59 Å². The second kappa shape index (κ2) is 6.55. The molecule has 1 aliphatic rings. The first-order chi connectivity index (χ1) is 14.0. The van der Waals surface area contributed by atoms with Crippen LogP contribution >= 0.6 is 0 Å². The molecule has 0 saturated heterocycles. The van der Waals surface area contributed by atoms with Crippen LogP contribution in [-0.2, 0) is 11.3 Å². The molecule has 0 atom stereocenters. The zero-order chi connectivity index (χ0) is 20.1. The van der Waals surface area contributed by atoms with Crippen molar-refractivity contribution in [3.63, 3.8) is 0 Å². The number of pyridine rings is 1. The first-order valence-electron chi connectivity index (χ1n) is 9.75. The van der Waals surface area contributed by atoms with Crippen molar-refractivity contribution in [2.75, 3.05) is 5.32 Å². The predicted octanol–water partition coefficient (Wildman–Crippen LogP) is 3.18. The third-order valence-electron chi connectivity index (χ3n) is 5.40. The molecule has 0 bridgehead atoms. The van der Waals surface area contributed by atoms with Crippen LogP contribution in [0, 0.1) is 13.8 Å². The van der Waals surface area contributed by atoms with Gasteiger partial charge in [0.15, 0.2) is 5.65 Å². The van der Waals surface area contributed by atoms with E-state index >= 15 is 0 Å². The van der Waals surface area contributed by atoms with E-state index in [0.29, 0.717) is 22.6 Å². The number of benzene rings is 1. The van der Waals surface area contributed by atoms with E-state index in [-0.39, 0.29) is 18.0 Å². The Labute approximate surface area is 167 Å². The number of hydrogen-bond donors (Lipinski definition) is 1. The molecule has 3 aromatic heterocycles. The molecule has 0 aliphatic heterocycles. The highest BCUT2D eigenvalue weighted by Crippen LogP contribution is 2.39. The van der Waals surface area contributed by atoms with Gasteiger partial charge in [-0.1, -0.05) is 17.7 Å².